The summed E-state index contributed by atoms with van der Waals surface area (Å²) < 4.78 is 43.8. The molecule has 2 heterocycles. The summed E-state index contributed by atoms with van der Waals surface area (Å²) in [4.78, 5) is 11.9. The molecule has 0 aromatic heterocycles. The van der Waals surface area contributed by atoms with Crippen LogP contribution in [0.4, 0.5) is 0 Å². The number of rotatable bonds is 7. The molecule has 0 spiro atoms. The number of carbonyl (C=O) groups is 1. The van der Waals surface area contributed by atoms with Gasteiger partial charge in [0.05, 0.1) is 24.2 Å². The highest BCUT2D eigenvalue weighted by Gasteiger charge is 2.19. The maximum Gasteiger partial charge on any atom is 0.240 e. The molecule has 1 atom stereocenters. The minimum atomic E-state index is -3.79. The maximum absolute atomic E-state index is 12.5. The number of ether oxygens (including phenoxy) is 3. The van der Waals surface area contributed by atoms with E-state index in [-0.39, 0.29) is 29.1 Å². The number of fused-ring (bicyclic) bond motifs is 1. The fourth-order valence-electron chi connectivity index (χ4n) is 2.94. The molecule has 2 aliphatic rings. The number of hydrogen-bond donors (Lipinski definition) is 4. The van der Waals surface area contributed by atoms with E-state index in [0.717, 1.165) is 25.9 Å². The monoisotopic (exact) mass is 458 g/mol. The van der Waals surface area contributed by atoms with Gasteiger partial charge in [0, 0.05) is 38.6 Å². The molecule has 10 nitrogen and oxygen atoms in total. The summed E-state index contributed by atoms with van der Waals surface area (Å²) in [6.07, 6.45) is 2.80. The molecular formula is C18H26N4O6S2. The van der Waals surface area contributed by atoms with Gasteiger partial charge in [-0.2, -0.15) is 0 Å². The summed E-state index contributed by atoms with van der Waals surface area (Å²) in [5.74, 6) is 0.500. The number of amides is 1. The third-order valence-electron chi connectivity index (χ3n) is 4.50. The molecule has 166 valence electrons. The van der Waals surface area contributed by atoms with Gasteiger partial charge in [0.1, 0.15) is 0 Å². The van der Waals surface area contributed by atoms with Gasteiger partial charge in [-0.25, -0.2) is 13.1 Å². The molecule has 1 fully saturated rings. The van der Waals surface area contributed by atoms with Crippen molar-refractivity contribution in [3.8, 4) is 11.5 Å². The molecule has 1 saturated heterocycles. The Labute approximate surface area is 181 Å². The molecule has 3 rings (SSSR count). The summed E-state index contributed by atoms with van der Waals surface area (Å²) in [5.41, 5.74) is 5.01. The quantitative estimate of drug-likeness (QED) is 0.334. The lowest BCUT2D eigenvalue weighted by molar-refractivity contribution is -0.121. The second-order valence-corrected chi connectivity index (χ2v) is 9.00. The molecule has 4 N–H and O–H groups in total. The molecule has 12 heteroatoms. The first-order valence-corrected chi connectivity index (χ1v) is 11.7. The van der Waals surface area contributed by atoms with E-state index < -0.39 is 15.9 Å². The molecule has 0 radical (unpaired) electrons. The van der Waals surface area contributed by atoms with Crippen LogP contribution < -0.4 is 30.4 Å². The van der Waals surface area contributed by atoms with Gasteiger partial charge in [0.25, 0.3) is 0 Å². The number of nitrogens with one attached hydrogen (secondary N) is 4. The predicted molar refractivity (Wildman–Crippen MR) is 113 cm³/mol. The lowest BCUT2D eigenvalue weighted by Crippen LogP contribution is -2.48. The molecule has 0 unspecified atom stereocenters. The van der Waals surface area contributed by atoms with Crippen LogP contribution in [0.5, 0.6) is 11.5 Å². The van der Waals surface area contributed by atoms with Gasteiger partial charge >= 0.3 is 0 Å². The van der Waals surface area contributed by atoms with E-state index >= 15 is 0 Å². The number of thiocarbonyl (C=S) groups is 1. The highest BCUT2D eigenvalue weighted by Crippen LogP contribution is 2.31. The predicted octanol–water partition coefficient (Wildman–Crippen LogP) is 0.191. The minimum Gasteiger partial charge on any atom is -0.490 e. The number of hydrogen-bond acceptors (Lipinski definition) is 7. The van der Waals surface area contributed by atoms with Crippen molar-refractivity contribution in [3.05, 3.63) is 18.2 Å². The average Bonchev–Trinajstić information content (AvgIpc) is 3.14. The van der Waals surface area contributed by atoms with Crippen molar-refractivity contribution < 1.29 is 27.4 Å². The topological polar surface area (TPSA) is 127 Å². The Hall–Kier alpha value is -2.15. The van der Waals surface area contributed by atoms with Crippen molar-refractivity contribution in [1.82, 2.24) is 20.9 Å². The Bertz CT molecular complexity index is 858. The van der Waals surface area contributed by atoms with E-state index in [0.29, 0.717) is 31.3 Å². The van der Waals surface area contributed by atoms with Crippen LogP contribution in [-0.2, 0) is 19.6 Å². The maximum atomic E-state index is 12.5. The summed E-state index contributed by atoms with van der Waals surface area (Å²) in [7, 11) is -3.79. The summed E-state index contributed by atoms with van der Waals surface area (Å²) >= 11 is 5.08. The van der Waals surface area contributed by atoms with Crippen molar-refractivity contribution in [2.75, 3.05) is 32.9 Å². The van der Waals surface area contributed by atoms with Crippen molar-refractivity contribution in [2.24, 2.45) is 0 Å². The third kappa shape index (κ3) is 6.69. The summed E-state index contributed by atoms with van der Waals surface area (Å²) in [5, 5.41) is 3.23. The minimum absolute atomic E-state index is 0.0461. The molecule has 1 amide bonds. The lowest BCUT2D eigenvalue weighted by Gasteiger charge is -2.14. The molecule has 2 aliphatic heterocycles. The van der Waals surface area contributed by atoms with Crippen LogP contribution in [0, 0.1) is 0 Å². The van der Waals surface area contributed by atoms with Crippen LogP contribution in [0.25, 0.3) is 0 Å². The first-order chi connectivity index (χ1) is 14.4. The Morgan fingerprint density at radius 3 is 2.67 bits per heavy atom. The SMILES string of the molecule is O=C(CCNS(=O)(=O)c1ccc2c(c1)OCCCO2)NNC(=S)NC[C@H]1CCCO1. The van der Waals surface area contributed by atoms with Gasteiger partial charge in [-0.3, -0.25) is 15.6 Å². The van der Waals surface area contributed by atoms with Gasteiger partial charge in [-0.1, -0.05) is 0 Å². The van der Waals surface area contributed by atoms with Gasteiger partial charge < -0.3 is 19.5 Å². The molecule has 0 saturated carbocycles. The van der Waals surface area contributed by atoms with Crippen LogP contribution >= 0.6 is 12.2 Å². The van der Waals surface area contributed by atoms with E-state index in [4.69, 9.17) is 26.4 Å². The van der Waals surface area contributed by atoms with Gasteiger partial charge in [-0.15, -0.1) is 0 Å². The second-order valence-electron chi connectivity index (χ2n) is 6.83. The third-order valence-corrected chi connectivity index (χ3v) is 6.21. The Kier molecular flexibility index (Phi) is 8.08. The lowest BCUT2D eigenvalue weighted by atomic mass is 10.2. The van der Waals surface area contributed by atoms with E-state index in [1.165, 1.54) is 12.1 Å². The second kappa shape index (κ2) is 10.8. The van der Waals surface area contributed by atoms with Crippen molar-refractivity contribution in [1.29, 1.82) is 0 Å². The molecule has 1 aromatic carbocycles. The van der Waals surface area contributed by atoms with Crippen LogP contribution in [0.15, 0.2) is 23.1 Å². The van der Waals surface area contributed by atoms with Crippen LogP contribution in [0.3, 0.4) is 0 Å². The normalized spacial score (nSPS) is 18.3. The fraction of sp³-hybridized carbons (Fsp3) is 0.556. The Morgan fingerprint density at radius 2 is 1.90 bits per heavy atom. The van der Waals surface area contributed by atoms with Gasteiger partial charge in [0.2, 0.25) is 15.9 Å². The summed E-state index contributed by atoms with van der Waals surface area (Å²) in [6.45, 7) is 2.23. The van der Waals surface area contributed by atoms with Crippen LogP contribution in [0.1, 0.15) is 25.7 Å². The van der Waals surface area contributed by atoms with Gasteiger partial charge in [-0.05, 0) is 37.2 Å². The zero-order valence-electron chi connectivity index (χ0n) is 16.4. The summed E-state index contributed by atoms with van der Waals surface area (Å²) in [6, 6.07) is 4.43. The fourth-order valence-corrected chi connectivity index (χ4v) is 4.12. The largest absolute Gasteiger partial charge is 0.490 e. The van der Waals surface area contributed by atoms with Gasteiger partial charge in [0.15, 0.2) is 16.6 Å². The van der Waals surface area contributed by atoms with Crippen molar-refractivity contribution in [2.45, 2.75) is 36.7 Å². The van der Waals surface area contributed by atoms with Crippen molar-refractivity contribution >= 4 is 33.3 Å². The number of sulfonamides is 1. The number of hydrazine groups is 1. The Balaban J connectivity index is 1.38. The molecule has 0 aliphatic carbocycles. The smallest absolute Gasteiger partial charge is 0.240 e. The standard InChI is InChI=1S/C18H26N4O6S2/c23-17(21-22-18(29)19-12-13-3-1-8-26-13)6-7-20-30(24,25)14-4-5-15-16(11-14)28-10-2-9-27-15/h4-5,11,13,20H,1-3,6-10,12H2,(H,21,23)(H2,19,22,29)/t13-/m1/s1. The average molecular weight is 459 g/mol. The van der Waals surface area contributed by atoms with E-state index in [1.807, 2.05) is 0 Å². The molecule has 0 bridgehead atoms. The molecule has 30 heavy (non-hydrogen) atoms. The van der Waals surface area contributed by atoms with Crippen LogP contribution in [0.2, 0.25) is 0 Å². The zero-order chi connectivity index (χ0) is 21.4. The highest BCUT2D eigenvalue weighted by atomic mass is 32.2. The molecular weight excluding hydrogens is 432 g/mol. The highest BCUT2D eigenvalue weighted by molar-refractivity contribution is 7.89. The Morgan fingerprint density at radius 1 is 1.10 bits per heavy atom. The van der Waals surface area contributed by atoms with Crippen LogP contribution in [-0.4, -0.2) is 58.5 Å². The number of benzene rings is 1. The first kappa shape index (κ1) is 22.5. The van der Waals surface area contributed by atoms with E-state index in [1.54, 1.807) is 6.07 Å². The zero-order valence-corrected chi connectivity index (χ0v) is 18.1. The van der Waals surface area contributed by atoms with E-state index in [9.17, 15) is 13.2 Å². The van der Waals surface area contributed by atoms with Crippen molar-refractivity contribution in [3.63, 3.8) is 0 Å². The van der Waals surface area contributed by atoms with E-state index in [2.05, 4.69) is 20.9 Å². The first-order valence-electron chi connectivity index (χ1n) is 9.77. The number of carbonyl (C=O) groups excluding carboxylic acids is 1. The molecule has 1 aromatic rings.